The molecule has 1 aliphatic rings. The van der Waals surface area contributed by atoms with Gasteiger partial charge in [-0.05, 0) is 39.2 Å². The van der Waals surface area contributed by atoms with Crippen LogP contribution in [0.4, 0.5) is 31.8 Å². The van der Waals surface area contributed by atoms with Crippen molar-refractivity contribution in [2.24, 2.45) is 0 Å². The number of halogens is 2. The molecule has 4 heterocycles. The lowest BCUT2D eigenvalue weighted by Crippen LogP contribution is -2.36. The van der Waals surface area contributed by atoms with Crippen molar-refractivity contribution in [1.29, 1.82) is 0 Å². The van der Waals surface area contributed by atoms with Gasteiger partial charge in [0.05, 0.1) is 29.4 Å². The number of rotatable bonds is 9. The predicted octanol–water partition coefficient (Wildman–Crippen LogP) is 6.78. The topological polar surface area (TPSA) is 83.5 Å². The van der Waals surface area contributed by atoms with Gasteiger partial charge < -0.3 is 15.0 Å². The number of methoxy groups -OCH3 is 1. The van der Waals surface area contributed by atoms with Crippen LogP contribution in [0.2, 0.25) is 0 Å². The molecule has 1 aliphatic heterocycles. The quantitative estimate of drug-likeness (QED) is 0.241. The number of anilines is 4. The Bertz CT molecular complexity index is 1580. The van der Waals surface area contributed by atoms with E-state index in [9.17, 15) is 9.18 Å². The van der Waals surface area contributed by atoms with Gasteiger partial charge >= 0.3 is 0 Å². The zero-order valence-corrected chi connectivity index (χ0v) is 23.8. The summed E-state index contributed by atoms with van der Waals surface area (Å²) in [5.41, 5.74) is 3.31. The molecule has 1 aromatic carbocycles. The molecule has 10 heteroatoms. The van der Waals surface area contributed by atoms with E-state index < -0.39 is 11.6 Å². The van der Waals surface area contributed by atoms with E-state index in [4.69, 9.17) is 9.72 Å². The third-order valence-corrected chi connectivity index (χ3v) is 7.40. The average molecular weight is 561 g/mol. The van der Waals surface area contributed by atoms with Gasteiger partial charge in [-0.3, -0.25) is 9.69 Å². The van der Waals surface area contributed by atoms with Crippen LogP contribution in [-0.2, 0) is 4.79 Å². The molecule has 1 amide bonds. The summed E-state index contributed by atoms with van der Waals surface area (Å²) < 4.78 is 35.1. The van der Waals surface area contributed by atoms with Gasteiger partial charge in [-0.15, -0.1) is 0 Å². The average Bonchev–Trinajstić information content (AvgIpc) is 2.97. The highest BCUT2D eigenvalue weighted by Gasteiger charge is 2.26. The van der Waals surface area contributed by atoms with Gasteiger partial charge in [0.2, 0.25) is 11.8 Å². The zero-order chi connectivity index (χ0) is 29.1. The third kappa shape index (κ3) is 5.64. The molecule has 1 saturated heterocycles. The number of aromatic nitrogens is 3. The molecule has 4 aromatic rings. The van der Waals surface area contributed by atoms with E-state index in [2.05, 4.69) is 34.0 Å². The lowest BCUT2D eigenvalue weighted by atomic mass is 10.0. The Morgan fingerprint density at radius 3 is 2.61 bits per heavy atom. The van der Waals surface area contributed by atoms with Crippen LogP contribution in [0.5, 0.6) is 5.88 Å². The number of hydrogen-bond acceptors (Lipinski definition) is 7. The number of carbonyl (C=O) groups is 1. The largest absolute Gasteiger partial charge is 0.481 e. The first-order valence-electron chi connectivity index (χ1n) is 14.0. The molecule has 0 saturated carbocycles. The maximum Gasteiger partial charge on any atom is 0.228 e. The first-order valence-corrected chi connectivity index (χ1v) is 14.0. The van der Waals surface area contributed by atoms with E-state index in [1.807, 2.05) is 12.1 Å². The molecule has 0 bridgehead atoms. The lowest BCUT2D eigenvalue weighted by Gasteiger charge is -2.29. The molecule has 8 nitrogen and oxygen atoms in total. The van der Waals surface area contributed by atoms with E-state index in [0.29, 0.717) is 41.6 Å². The normalized spacial score (nSPS) is 13.5. The van der Waals surface area contributed by atoms with Crippen molar-refractivity contribution in [2.75, 3.05) is 41.9 Å². The van der Waals surface area contributed by atoms with Crippen molar-refractivity contribution < 1.29 is 18.3 Å². The van der Waals surface area contributed by atoms with Crippen LogP contribution in [-0.4, -0.2) is 47.6 Å². The van der Waals surface area contributed by atoms with Crippen LogP contribution in [0.25, 0.3) is 22.0 Å². The smallest absolute Gasteiger partial charge is 0.228 e. The molecule has 214 valence electrons. The van der Waals surface area contributed by atoms with E-state index >= 15 is 4.39 Å². The number of carbonyl (C=O) groups excluding carboxylic acids is 1. The van der Waals surface area contributed by atoms with Gasteiger partial charge in [-0.25, -0.2) is 23.7 Å². The van der Waals surface area contributed by atoms with E-state index in [1.54, 1.807) is 37.4 Å². The number of amides is 1. The van der Waals surface area contributed by atoms with Crippen molar-refractivity contribution in [1.82, 2.24) is 15.0 Å². The maximum absolute atomic E-state index is 15.5. The SMILES string of the molecule is CCCN(CC)c1cc(Nc2c(C)c(N3CCCCC3=O)nc3cc(F)cc(F)c23)c(-c2ccc(OC)nc2)cn1. The van der Waals surface area contributed by atoms with Crippen molar-refractivity contribution in [3.63, 3.8) is 0 Å². The van der Waals surface area contributed by atoms with Crippen LogP contribution in [0.15, 0.2) is 42.7 Å². The molecular formula is C31H34F2N6O2. The van der Waals surface area contributed by atoms with Crippen molar-refractivity contribution in [2.45, 2.75) is 46.5 Å². The second kappa shape index (κ2) is 12.0. The Hall–Kier alpha value is -4.34. The Morgan fingerprint density at radius 2 is 1.93 bits per heavy atom. The Morgan fingerprint density at radius 1 is 1.10 bits per heavy atom. The molecule has 41 heavy (non-hydrogen) atoms. The molecule has 0 aliphatic carbocycles. The first kappa shape index (κ1) is 28.2. The molecule has 0 spiro atoms. The van der Waals surface area contributed by atoms with E-state index in [1.165, 1.54) is 6.07 Å². The third-order valence-electron chi connectivity index (χ3n) is 7.40. The Kier molecular flexibility index (Phi) is 8.28. The fourth-order valence-electron chi connectivity index (χ4n) is 5.29. The van der Waals surface area contributed by atoms with E-state index in [-0.39, 0.29) is 16.8 Å². The van der Waals surface area contributed by atoms with Crippen LogP contribution >= 0.6 is 0 Å². The van der Waals surface area contributed by atoms with Gasteiger partial charge in [-0.2, -0.15) is 0 Å². The molecule has 5 rings (SSSR count). The number of fused-ring (bicyclic) bond motifs is 1. The van der Waals surface area contributed by atoms with Gasteiger partial charge in [-0.1, -0.05) is 6.92 Å². The Labute approximate surface area is 238 Å². The molecule has 0 atom stereocenters. The molecule has 0 unspecified atom stereocenters. The van der Waals surface area contributed by atoms with Crippen LogP contribution in [0.1, 0.15) is 45.1 Å². The first-order chi connectivity index (χ1) is 19.8. The van der Waals surface area contributed by atoms with Gasteiger partial charge in [0, 0.05) is 79.4 Å². The number of nitrogens with one attached hydrogen (secondary N) is 1. The number of benzene rings is 1. The van der Waals surface area contributed by atoms with Crippen molar-refractivity contribution in [3.05, 3.63) is 59.9 Å². The monoisotopic (exact) mass is 560 g/mol. The van der Waals surface area contributed by atoms with Crippen molar-refractivity contribution >= 4 is 39.8 Å². The second-order valence-corrected chi connectivity index (χ2v) is 10.1. The Balaban J connectivity index is 1.72. The molecule has 1 fully saturated rings. The van der Waals surface area contributed by atoms with E-state index in [0.717, 1.165) is 55.4 Å². The summed E-state index contributed by atoms with van der Waals surface area (Å²) in [6.07, 6.45) is 6.45. The highest BCUT2D eigenvalue weighted by molar-refractivity contribution is 6.02. The fraction of sp³-hybridized carbons (Fsp3) is 0.355. The predicted molar refractivity (Wildman–Crippen MR) is 158 cm³/mol. The molecule has 1 N–H and O–H groups in total. The summed E-state index contributed by atoms with van der Waals surface area (Å²) in [6, 6.07) is 7.62. The lowest BCUT2D eigenvalue weighted by molar-refractivity contribution is -0.119. The van der Waals surface area contributed by atoms with Crippen molar-refractivity contribution in [3.8, 4) is 17.0 Å². The number of piperidine rings is 1. The molecule has 3 aromatic heterocycles. The summed E-state index contributed by atoms with van der Waals surface area (Å²) in [7, 11) is 1.55. The highest BCUT2D eigenvalue weighted by Crippen LogP contribution is 2.40. The van der Waals surface area contributed by atoms with Crippen LogP contribution in [0, 0.1) is 18.6 Å². The summed E-state index contributed by atoms with van der Waals surface area (Å²) in [5, 5.41) is 3.61. The molecule has 0 radical (unpaired) electrons. The second-order valence-electron chi connectivity index (χ2n) is 10.1. The number of pyridine rings is 3. The minimum atomic E-state index is -0.738. The summed E-state index contributed by atoms with van der Waals surface area (Å²) in [6.45, 7) is 8.06. The zero-order valence-electron chi connectivity index (χ0n) is 23.8. The number of ether oxygens (including phenoxy) is 1. The molecular weight excluding hydrogens is 526 g/mol. The number of hydrogen-bond donors (Lipinski definition) is 1. The maximum atomic E-state index is 15.5. The summed E-state index contributed by atoms with van der Waals surface area (Å²) in [4.78, 5) is 30.4. The summed E-state index contributed by atoms with van der Waals surface area (Å²) >= 11 is 0. The van der Waals surface area contributed by atoms with Gasteiger partial charge in [0.15, 0.2) is 0 Å². The minimum Gasteiger partial charge on any atom is -0.481 e. The van der Waals surface area contributed by atoms with Crippen LogP contribution < -0.4 is 19.9 Å². The van der Waals surface area contributed by atoms with Gasteiger partial charge in [0.25, 0.3) is 0 Å². The van der Waals surface area contributed by atoms with Crippen LogP contribution in [0.3, 0.4) is 0 Å². The standard InChI is InChI=1S/C31H34F2N6O2/c1-5-12-38(6-2)26-16-24(22(18-34-26)20-10-11-27(41-4)35-17-20)36-30-19(3)31(39-13-8-7-9-28(39)40)37-25-15-21(32)14-23(33)29(25)30/h10-11,14-18H,5-9,12-13H2,1-4H3,(H,34,36,37). The minimum absolute atomic E-state index is 0.0524. The fourth-order valence-corrected chi connectivity index (χ4v) is 5.29. The number of nitrogens with zero attached hydrogens (tertiary/aromatic N) is 5. The highest BCUT2D eigenvalue weighted by atomic mass is 19.1. The van der Waals surface area contributed by atoms with Gasteiger partial charge in [0.1, 0.15) is 23.3 Å². The summed E-state index contributed by atoms with van der Waals surface area (Å²) in [5.74, 6) is 0.112.